The molecule has 0 spiro atoms. The van der Waals surface area contributed by atoms with E-state index in [1.807, 2.05) is 0 Å². The molecule has 0 aliphatic heterocycles. The van der Waals surface area contributed by atoms with Gasteiger partial charge in [0.1, 0.15) is 23.2 Å². The highest BCUT2D eigenvalue weighted by atomic mass is 35.5. The van der Waals surface area contributed by atoms with Gasteiger partial charge in [0.15, 0.2) is 0 Å². The van der Waals surface area contributed by atoms with Crippen LogP contribution in [0.3, 0.4) is 0 Å². The van der Waals surface area contributed by atoms with Gasteiger partial charge >= 0.3 is 0 Å². The molecule has 1 aliphatic carbocycles. The van der Waals surface area contributed by atoms with Crippen molar-refractivity contribution in [2.45, 2.75) is 47.0 Å². The van der Waals surface area contributed by atoms with Crippen molar-refractivity contribution in [1.82, 2.24) is 0 Å². The molecule has 182 valence electrons. The summed E-state index contributed by atoms with van der Waals surface area (Å²) >= 11 is 0. The van der Waals surface area contributed by atoms with Crippen LogP contribution in [0.25, 0.3) is 0 Å². The topological polar surface area (TPSA) is 0 Å². The highest BCUT2D eigenvalue weighted by Gasteiger charge is 2.44. The number of allylic oxidation sites excluding steroid dienone is 6. The molecule has 0 unspecified atom stereocenters. The molecule has 3 aromatic carbocycles. The molecule has 0 atom stereocenters. The second-order valence-corrected chi connectivity index (χ2v) is 13.7. The molecule has 0 bridgehead atoms. The van der Waals surface area contributed by atoms with E-state index in [-0.39, 0.29) is 17.8 Å². The Morgan fingerprint density at radius 1 is 0.800 bits per heavy atom. The molecular weight excluding hydrogens is 463 g/mol. The molecule has 0 amide bonds. The average Bonchev–Trinajstić information content (AvgIpc) is 2.86. The van der Waals surface area contributed by atoms with Gasteiger partial charge in [0.2, 0.25) is 0 Å². The van der Waals surface area contributed by atoms with E-state index >= 15 is 0 Å². The van der Waals surface area contributed by atoms with Crippen LogP contribution in [0.2, 0.25) is 0 Å². The number of halogens is 1. The van der Waals surface area contributed by atoms with Crippen LogP contribution in [0.4, 0.5) is 0 Å². The molecular formula is C33H38ClP. The summed E-state index contributed by atoms with van der Waals surface area (Å²) in [4.78, 5) is 0. The summed E-state index contributed by atoms with van der Waals surface area (Å²) in [6.45, 7) is 9.37. The van der Waals surface area contributed by atoms with Crippen molar-refractivity contribution in [3.63, 3.8) is 0 Å². The largest absolute Gasteiger partial charge is 1.00 e. The van der Waals surface area contributed by atoms with Crippen LogP contribution < -0.4 is 28.3 Å². The van der Waals surface area contributed by atoms with Gasteiger partial charge in [0.25, 0.3) is 0 Å². The molecule has 0 saturated heterocycles. The van der Waals surface area contributed by atoms with E-state index in [0.717, 1.165) is 6.16 Å². The van der Waals surface area contributed by atoms with Gasteiger partial charge < -0.3 is 12.4 Å². The first-order valence-corrected chi connectivity index (χ1v) is 14.5. The van der Waals surface area contributed by atoms with Crippen molar-refractivity contribution in [2.24, 2.45) is 5.41 Å². The van der Waals surface area contributed by atoms with E-state index in [1.165, 1.54) is 46.3 Å². The van der Waals surface area contributed by atoms with E-state index in [2.05, 4.69) is 137 Å². The second-order valence-electron chi connectivity index (χ2n) is 10.2. The first-order chi connectivity index (χ1) is 16.4. The van der Waals surface area contributed by atoms with Crippen LogP contribution in [0.1, 0.15) is 47.0 Å². The molecule has 2 heteroatoms. The van der Waals surface area contributed by atoms with Crippen LogP contribution in [0.15, 0.2) is 126 Å². The average molecular weight is 501 g/mol. The summed E-state index contributed by atoms with van der Waals surface area (Å²) in [7, 11) is -1.82. The van der Waals surface area contributed by atoms with Crippen LogP contribution in [0.5, 0.6) is 0 Å². The molecule has 35 heavy (non-hydrogen) atoms. The van der Waals surface area contributed by atoms with Crippen LogP contribution in [0, 0.1) is 5.41 Å². The monoisotopic (exact) mass is 500 g/mol. The highest BCUT2D eigenvalue weighted by molar-refractivity contribution is 7.95. The molecule has 4 rings (SSSR count). The molecule has 0 nitrogen and oxygen atoms in total. The third-order valence-corrected chi connectivity index (χ3v) is 11.6. The smallest absolute Gasteiger partial charge is 0.115 e. The Labute approximate surface area is 219 Å². The minimum atomic E-state index is -1.82. The lowest BCUT2D eigenvalue weighted by atomic mass is 9.72. The van der Waals surface area contributed by atoms with Crippen molar-refractivity contribution in [3.8, 4) is 0 Å². The number of rotatable bonds is 7. The third kappa shape index (κ3) is 6.06. The van der Waals surface area contributed by atoms with Crippen molar-refractivity contribution < 1.29 is 12.4 Å². The summed E-state index contributed by atoms with van der Waals surface area (Å²) in [5.74, 6) is 0. The van der Waals surface area contributed by atoms with E-state index in [0.29, 0.717) is 0 Å². The molecule has 0 N–H and O–H groups in total. The first kappa shape index (κ1) is 27.2. The molecule has 0 radical (unpaired) electrons. The lowest BCUT2D eigenvalue weighted by Gasteiger charge is -2.33. The summed E-state index contributed by atoms with van der Waals surface area (Å²) in [6, 6.07) is 33.4. The van der Waals surface area contributed by atoms with Gasteiger partial charge in [-0.05, 0) is 86.6 Å². The molecule has 0 aromatic heterocycles. The maximum Gasteiger partial charge on any atom is 0.115 e. The predicted molar refractivity (Wildman–Crippen MR) is 153 cm³/mol. The molecule has 0 heterocycles. The van der Waals surface area contributed by atoms with Crippen molar-refractivity contribution in [1.29, 1.82) is 0 Å². The Bertz CT molecular complexity index is 1070. The van der Waals surface area contributed by atoms with E-state index in [4.69, 9.17) is 0 Å². The highest BCUT2D eigenvalue weighted by Crippen LogP contribution is 2.55. The van der Waals surface area contributed by atoms with Crippen LogP contribution >= 0.6 is 7.26 Å². The fourth-order valence-corrected chi connectivity index (χ4v) is 9.52. The maximum atomic E-state index is 2.48. The fourth-order valence-electron chi connectivity index (χ4n) is 5.38. The van der Waals surface area contributed by atoms with Crippen LogP contribution in [-0.2, 0) is 0 Å². The normalized spacial score (nSPS) is 16.3. The van der Waals surface area contributed by atoms with Crippen molar-refractivity contribution >= 4 is 23.2 Å². The van der Waals surface area contributed by atoms with Crippen molar-refractivity contribution in [3.05, 3.63) is 126 Å². The van der Waals surface area contributed by atoms with Gasteiger partial charge in [-0.3, -0.25) is 0 Å². The minimum absolute atomic E-state index is 0. The summed E-state index contributed by atoms with van der Waals surface area (Å²) < 4.78 is 0. The van der Waals surface area contributed by atoms with Gasteiger partial charge in [0.05, 0.1) is 6.16 Å². The molecule has 0 fully saturated rings. The predicted octanol–water partition coefficient (Wildman–Crippen LogP) is 5.01. The van der Waals surface area contributed by atoms with Gasteiger partial charge in [-0.25, -0.2) is 0 Å². The molecule has 1 aliphatic rings. The van der Waals surface area contributed by atoms with E-state index in [1.54, 1.807) is 5.57 Å². The SMILES string of the molecule is CC1=C(/C=C/C(C)=C/C[P+](c2ccccc2)(c2ccccc2)c2ccccc2)C(C)(C)CCC1.[Cl-]. The maximum absolute atomic E-state index is 2.48. The third-order valence-electron chi connectivity index (χ3n) is 7.33. The lowest BCUT2D eigenvalue weighted by Crippen LogP contribution is -3.00. The Morgan fingerprint density at radius 3 is 1.69 bits per heavy atom. The Kier molecular flexibility index (Phi) is 9.34. The minimum Gasteiger partial charge on any atom is -1.00 e. The standard InChI is InChI=1S/C33H38P.ClH/c1-27(22-23-32-28(2)15-14-25-33(32,3)4)24-26-34(29-16-8-5-9-17-29,30-18-10-6-11-19-30)31-20-12-7-13-21-31;/h5-13,16-24H,14-15,25-26H2,1-4H3;1H/q+1;/p-1/b23-22+,27-24+;. The molecule has 0 saturated carbocycles. The summed E-state index contributed by atoms with van der Waals surface area (Å²) in [5, 5.41) is 4.31. The Balaban J connectivity index is 0.00000342. The quantitative estimate of drug-likeness (QED) is 0.316. The zero-order valence-corrected chi connectivity index (χ0v) is 23.2. The van der Waals surface area contributed by atoms with Gasteiger partial charge in [-0.15, -0.1) is 0 Å². The number of hydrogen-bond acceptors (Lipinski definition) is 0. The lowest BCUT2D eigenvalue weighted by molar-refractivity contribution is -0.00000727. The van der Waals surface area contributed by atoms with E-state index < -0.39 is 7.26 Å². The second kappa shape index (κ2) is 12.0. The summed E-state index contributed by atoms with van der Waals surface area (Å²) in [6.07, 6.45) is 12.1. The number of hydrogen-bond donors (Lipinski definition) is 0. The fraction of sp³-hybridized carbons (Fsp3) is 0.273. The van der Waals surface area contributed by atoms with Gasteiger partial charge in [0, 0.05) is 0 Å². The van der Waals surface area contributed by atoms with Crippen LogP contribution in [-0.4, -0.2) is 6.16 Å². The summed E-state index contributed by atoms with van der Waals surface area (Å²) in [5.41, 5.74) is 4.70. The number of benzene rings is 3. The van der Waals surface area contributed by atoms with Gasteiger partial charge in [-0.1, -0.05) is 91.7 Å². The first-order valence-electron chi connectivity index (χ1n) is 12.5. The van der Waals surface area contributed by atoms with Gasteiger partial charge in [-0.2, -0.15) is 0 Å². The zero-order valence-electron chi connectivity index (χ0n) is 21.5. The van der Waals surface area contributed by atoms with Crippen molar-refractivity contribution in [2.75, 3.05) is 6.16 Å². The van der Waals surface area contributed by atoms with E-state index in [9.17, 15) is 0 Å². The molecule has 3 aromatic rings. The Hall–Kier alpha value is -2.40. The Morgan fingerprint density at radius 2 is 1.26 bits per heavy atom. The zero-order chi connectivity index (χ0) is 24.0.